The van der Waals surface area contributed by atoms with Crippen molar-refractivity contribution in [2.24, 2.45) is 0 Å². The Balaban J connectivity index is 1.71. The number of hydrogen-bond donors (Lipinski definition) is 1. The van der Waals surface area contributed by atoms with Crippen LogP contribution in [0.15, 0.2) is 17.3 Å². The van der Waals surface area contributed by atoms with Gasteiger partial charge in [0.1, 0.15) is 11.6 Å². The van der Waals surface area contributed by atoms with Crippen LogP contribution >= 0.6 is 23.4 Å². The normalized spacial score (nSPS) is 15.1. The van der Waals surface area contributed by atoms with Crippen LogP contribution < -0.4 is 10.1 Å². The van der Waals surface area contributed by atoms with Gasteiger partial charge in [0.15, 0.2) is 5.16 Å². The predicted molar refractivity (Wildman–Crippen MR) is 104 cm³/mol. The highest BCUT2D eigenvalue weighted by Crippen LogP contribution is 2.32. The van der Waals surface area contributed by atoms with Crippen LogP contribution in [-0.4, -0.2) is 33.0 Å². The first-order valence-electron chi connectivity index (χ1n) is 8.73. The van der Waals surface area contributed by atoms with E-state index >= 15 is 0 Å². The number of benzene rings is 1. The Hall–Kier alpha value is -1.73. The summed E-state index contributed by atoms with van der Waals surface area (Å²) in [6, 6.07) is 3.53. The number of rotatable bonds is 5. The molecule has 2 aromatic rings. The molecule has 26 heavy (non-hydrogen) atoms. The lowest BCUT2D eigenvalue weighted by Crippen LogP contribution is -2.23. The number of nitrogens with zero attached hydrogens (tertiary/aromatic N) is 3. The predicted octanol–water partition coefficient (Wildman–Crippen LogP) is 4.09. The first-order chi connectivity index (χ1) is 12.5. The van der Waals surface area contributed by atoms with Crippen molar-refractivity contribution in [1.29, 1.82) is 0 Å². The summed E-state index contributed by atoms with van der Waals surface area (Å²) in [4.78, 5) is 12.7. The molecular weight excluding hydrogens is 372 g/mol. The van der Waals surface area contributed by atoms with Crippen LogP contribution in [0.1, 0.15) is 37.6 Å². The number of amides is 1. The van der Waals surface area contributed by atoms with Crippen molar-refractivity contribution in [1.82, 2.24) is 14.8 Å². The second kappa shape index (κ2) is 8.31. The molecule has 1 amide bonds. The zero-order valence-corrected chi connectivity index (χ0v) is 16.8. The van der Waals surface area contributed by atoms with Crippen LogP contribution in [0.4, 0.5) is 5.69 Å². The van der Waals surface area contributed by atoms with Gasteiger partial charge in [-0.15, -0.1) is 10.2 Å². The summed E-state index contributed by atoms with van der Waals surface area (Å²) in [5.74, 6) is 1.45. The zero-order valence-electron chi connectivity index (χ0n) is 15.2. The Kier molecular flexibility index (Phi) is 6.09. The maximum Gasteiger partial charge on any atom is 0.237 e. The van der Waals surface area contributed by atoms with E-state index in [1.807, 2.05) is 19.9 Å². The van der Waals surface area contributed by atoms with Gasteiger partial charge in [0.05, 0.1) is 18.0 Å². The van der Waals surface area contributed by atoms with Crippen LogP contribution in [0.25, 0.3) is 0 Å². The fourth-order valence-corrected chi connectivity index (χ4v) is 3.97. The van der Waals surface area contributed by atoms with E-state index in [4.69, 9.17) is 16.3 Å². The SMILES string of the molecule is COc1cc(Cl)c(C)cc1NC(=O)[C@H](C)Sc1nnc2n1CCCCC2. The lowest BCUT2D eigenvalue weighted by molar-refractivity contribution is -0.115. The zero-order chi connectivity index (χ0) is 18.7. The van der Waals surface area contributed by atoms with Gasteiger partial charge in [-0.3, -0.25) is 4.79 Å². The van der Waals surface area contributed by atoms with Gasteiger partial charge >= 0.3 is 0 Å². The highest BCUT2D eigenvalue weighted by atomic mass is 35.5. The molecule has 1 aliphatic rings. The molecule has 0 bridgehead atoms. The van der Waals surface area contributed by atoms with E-state index in [1.165, 1.54) is 18.2 Å². The third-order valence-corrected chi connectivity index (χ3v) is 5.95. The fourth-order valence-electron chi connectivity index (χ4n) is 2.92. The average Bonchev–Trinajstić information content (AvgIpc) is 2.84. The van der Waals surface area contributed by atoms with E-state index in [1.54, 1.807) is 13.2 Å². The minimum Gasteiger partial charge on any atom is -0.495 e. The third kappa shape index (κ3) is 4.15. The molecule has 0 radical (unpaired) electrons. The van der Waals surface area contributed by atoms with Gasteiger partial charge in [-0.2, -0.15) is 0 Å². The number of fused-ring (bicyclic) bond motifs is 1. The van der Waals surface area contributed by atoms with Crippen molar-refractivity contribution in [3.63, 3.8) is 0 Å². The summed E-state index contributed by atoms with van der Waals surface area (Å²) >= 11 is 7.56. The number of hydrogen-bond acceptors (Lipinski definition) is 5. The van der Waals surface area contributed by atoms with Crippen LogP contribution in [0.5, 0.6) is 5.75 Å². The number of carbonyl (C=O) groups excluding carboxylic acids is 1. The summed E-state index contributed by atoms with van der Waals surface area (Å²) in [7, 11) is 1.56. The smallest absolute Gasteiger partial charge is 0.237 e. The molecule has 0 unspecified atom stereocenters. The Morgan fingerprint density at radius 3 is 2.92 bits per heavy atom. The van der Waals surface area contributed by atoms with Crippen molar-refractivity contribution in [2.75, 3.05) is 12.4 Å². The Bertz CT molecular complexity index is 809. The highest BCUT2D eigenvalue weighted by molar-refractivity contribution is 8.00. The number of nitrogens with one attached hydrogen (secondary N) is 1. The highest BCUT2D eigenvalue weighted by Gasteiger charge is 2.22. The third-order valence-electron chi connectivity index (χ3n) is 4.47. The molecule has 0 aliphatic carbocycles. The summed E-state index contributed by atoms with van der Waals surface area (Å²) in [6.45, 7) is 4.68. The van der Waals surface area contributed by atoms with E-state index in [-0.39, 0.29) is 11.2 Å². The van der Waals surface area contributed by atoms with Crippen molar-refractivity contribution in [3.05, 3.63) is 28.5 Å². The number of anilines is 1. The quantitative estimate of drug-likeness (QED) is 0.773. The maximum absolute atomic E-state index is 12.7. The van der Waals surface area contributed by atoms with Gasteiger partial charge in [-0.25, -0.2) is 0 Å². The Labute approximate surface area is 162 Å². The van der Waals surface area contributed by atoms with E-state index in [9.17, 15) is 4.79 Å². The molecule has 1 aromatic heterocycles. The van der Waals surface area contributed by atoms with Crippen molar-refractivity contribution in [3.8, 4) is 5.75 Å². The molecule has 6 nitrogen and oxygen atoms in total. The van der Waals surface area contributed by atoms with E-state index in [0.29, 0.717) is 16.5 Å². The molecule has 0 fully saturated rings. The first-order valence-corrected chi connectivity index (χ1v) is 9.99. The number of aryl methyl sites for hydroxylation is 2. The van der Waals surface area contributed by atoms with Gasteiger partial charge in [-0.05, 0) is 38.3 Å². The summed E-state index contributed by atoms with van der Waals surface area (Å²) in [5.41, 5.74) is 1.50. The van der Waals surface area contributed by atoms with Crippen LogP contribution in [0.2, 0.25) is 5.02 Å². The Morgan fingerprint density at radius 1 is 1.35 bits per heavy atom. The molecule has 0 spiro atoms. The molecule has 8 heteroatoms. The van der Waals surface area contributed by atoms with Crippen molar-refractivity contribution < 1.29 is 9.53 Å². The monoisotopic (exact) mass is 394 g/mol. The van der Waals surface area contributed by atoms with Gasteiger partial charge < -0.3 is 14.6 Å². The largest absolute Gasteiger partial charge is 0.495 e. The number of methoxy groups -OCH3 is 1. The molecule has 0 saturated carbocycles. The first kappa shape index (κ1) is 19.0. The summed E-state index contributed by atoms with van der Waals surface area (Å²) in [5, 5.41) is 12.6. The topological polar surface area (TPSA) is 69.0 Å². The molecule has 2 heterocycles. The van der Waals surface area contributed by atoms with Crippen molar-refractivity contribution >= 4 is 35.0 Å². The molecule has 0 saturated heterocycles. The lowest BCUT2D eigenvalue weighted by Gasteiger charge is -2.15. The molecule has 3 rings (SSSR count). The van der Waals surface area contributed by atoms with Gasteiger partial charge in [-0.1, -0.05) is 29.8 Å². The minimum atomic E-state index is -0.313. The molecular formula is C18H23ClN4O2S. The van der Waals surface area contributed by atoms with E-state index < -0.39 is 0 Å². The number of ether oxygens (including phenoxy) is 1. The minimum absolute atomic E-state index is 0.110. The number of thioether (sulfide) groups is 1. The number of halogens is 1. The van der Waals surface area contributed by atoms with Crippen LogP contribution in [0, 0.1) is 6.92 Å². The standard InChI is InChI=1S/C18H23ClN4O2S/c1-11-9-14(15(25-3)10-13(11)19)20-17(24)12(2)26-18-22-21-16-7-5-4-6-8-23(16)18/h9-10,12H,4-8H2,1-3H3,(H,20,24)/t12-/m0/s1. The maximum atomic E-state index is 12.7. The number of carbonyl (C=O) groups is 1. The van der Waals surface area contributed by atoms with Crippen LogP contribution in [0.3, 0.4) is 0 Å². The van der Waals surface area contributed by atoms with Crippen LogP contribution in [-0.2, 0) is 17.8 Å². The summed E-state index contributed by atoms with van der Waals surface area (Å²) < 4.78 is 7.47. The van der Waals surface area contributed by atoms with Gasteiger partial charge in [0.25, 0.3) is 0 Å². The molecule has 1 atom stereocenters. The molecule has 1 aromatic carbocycles. The van der Waals surface area contributed by atoms with Crippen molar-refractivity contribution in [2.45, 2.75) is 56.5 Å². The second-order valence-electron chi connectivity index (χ2n) is 6.41. The lowest BCUT2D eigenvalue weighted by atomic mass is 10.2. The molecule has 1 aliphatic heterocycles. The van der Waals surface area contributed by atoms with E-state index in [2.05, 4.69) is 20.1 Å². The average molecular weight is 395 g/mol. The summed E-state index contributed by atoms with van der Waals surface area (Å²) in [6.07, 6.45) is 4.43. The second-order valence-corrected chi connectivity index (χ2v) is 8.13. The van der Waals surface area contributed by atoms with E-state index in [0.717, 1.165) is 42.4 Å². The van der Waals surface area contributed by atoms with Gasteiger partial charge in [0.2, 0.25) is 5.91 Å². The number of aromatic nitrogens is 3. The fraction of sp³-hybridized carbons (Fsp3) is 0.500. The van der Waals surface area contributed by atoms with Gasteiger partial charge in [0, 0.05) is 24.1 Å². The molecule has 140 valence electrons. The Morgan fingerprint density at radius 2 is 2.15 bits per heavy atom. The molecule has 1 N–H and O–H groups in total.